The molecule has 3 aliphatic rings. The van der Waals surface area contributed by atoms with Gasteiger partial charge in [0, 0.05) is 64.4 Å². The average molecular weight is 554 g/mol. The van der Waals surface area contributed by atoms with E-state index < -0.39 is 11.8 Å². The highest BCUT2D eigenvalue weighted by Crippen LogP contribution is 2.37. The van der Waals surface area contributed by atoms with E-state index in [1.807, 2.05) is 24.1 Å². The van der Waals surface area contributed by atoms with Crippen LogP contribution in [-0.2, 0) is 10.7 Å². The lowest BCUT2D eigenvalue weighted by molar-refractivity contribution is -0.123. The number of rotatable bonds is 2. The van der Waals surface area contributed by atoms with E-state index in [1.165, 1.54) is 18.2 Å². The molecule has 2 saturated heterocycles. The van der Waals surface area contributed by atoms with Crippen LogP contribution in [0.3, 0.4) is 0 Å². The molecule has 1 atom stereocenters. The molecule has 2 fully saturated rings. The fourth-order valence-corrected chi connectivity index (χ4v) is 5.51. The molecule has 2 aromatic heterocycles. The smallest absolute Gasteiger partial charge is 0.270 e. The SMILES string of the molecule is CN1CCNC(=O)COc2ccc(C(C)(F)F)cc2C(=O)N2CCCC[C@H]2c2cc3nc(N4CCC4)cc1n3n2. The zero-order valence-electron chi connectivity index (χ0n) is 22.7. The summed E-state index contributed by atoms with van der Waals surface area (Å²) in [5.41, 5.74) is 1.09. The number of nitrogens with zero attached hydrogens (tertiary/aromatic N) is 6. The molecule has 40 heavy (non-hydrogen) atoms. The molecule has 12 heteroatoms. The molecule has 3 aliphatic heterocycles. The van der Waals surface area contributed by atoms with Crippen molar-refractivity contribution in [2.24, 2.45) is 0 Å². The summed E-state index contributed by atoms with van der Waals surface area (Å²) in [6.45, 7) is 3.63. The molecule has 0 saturated carbocycles. The third kappa shape index (κ3) is 4.90. The summed E-state index contributed by atoms with van der Waals surface area (Å²) in [4.78, 5) is 37.4. The van der Waals surface area contributed by atoms with E-state index in [0.29, 0.717) is 37.4 Å². The Morgan fingerprint density at radius 3 is 2.62 bits per heavy atom. The van der Waals surface area contributed by atoms with E-state index >= 15 is 0 Å². The molecule has 0 radical (unpaired) electrons. The average Bonchev–Trinajstić information content (AvgIpc) is 3.33. The van der Waals surface area contributed by atoms with Crippen LogP contribution in [0.4, 0.5) is 20.4 Å². The summed E-state index contributed by atoms with van der Waals surface area (Å²) < 4.78 is 36.1. The summed E-state index contributed by atoms with van der Waals surface area (Å²) in [5, 5.41) is 7.76. The van der Waals surface area contributed by atoms with Crippen LogP contribution in [0.2, 0.25) is 0 Å². The maximum atomic E-state index is 14.3. The first-order chi connectivity index (χ1) is 19.2. The maximum absolute atomic E-state index is 14.3. The van der Waals surface area contributed by atoms with Crippen molar-refractivity contribution in [2.45, 2.75) is 44.6 Å². The Morgan fingerprint density at radius 1 is 1.05 bits per heavy atom. The van der Waals surface area contributed by atoms with E-state index in [1.54, 1.807) is 9.42 Å². The van der Waals surface area contributed by atoms with Crippen LogP contribution < -0.4 is 19.9 Å². The third-order valence-corrected chi connectivity index (χ3v) is 7.94. The summed E-state index contributed by atoms with van der Waals surface area (Å²) in [6.07, 6.45) is 3.48. The van der Waals surface area contributed by atoms with E-state index in [9.17, 15) is 18.4 Å². The van der Waals surface area contributed by atoms with Gasteiger partial charge in [-0.1, -0.05) is 0 Å². The van der Waals surface area contributed by atoms with Gasteiger partial charge in [-0.25, -0.2) is 13.8 Å². The van der Waals surface area contributed by atoms with Crippen molar-refractivity contribution in [2.75, 3.05) is 56.2 Å². The number of aromatic nitrogens is 3. The van der Waals surface area contributed by atoms with Crippen molar-refractivity contribution in [3.8, 4) is 5.75 Å². The number of benzene rings is 1. The molecule has 0 aliphatic carbocycles. The summed E-state index contributed by atoms with van der Waals surface area (Å²) in [6, 6.07) is 7.33. The number of ether oxygens (including phenoxy) is 1. The molecule has 0 spiro atoms. The lowest BCUT2D eigenvalue weighted by Gasteiger charge is -2.35. The number of carbonyl (C=O) groups is 2. The van der Waals surface area contributed by atoms with Gasteiger partial charge < -0.3 is 24.8 Å². The van der Waals surface area contributed by atoms with Crippen LogP contribution in [0.15, 0.2) is 30.3 Å². The molecule has 6 rings (SSSR count). The van der Waals surface area contributed by atoms with E-state index in [4.69, 9.17) is 14.8 Å². The number of hydrogen-bond acceptors (Lipinski definition) is 7. The summed E-state index contributed by atoms with van der Waals surface area (Å²) in [5.74, 6) is -2.16. The number of halogens is 2. The fourth-order valence-electron chi connectivity index (χ4n) is 5.51. The van der Waals surface area contributed by atoms with Gasteiger partial charge in [0.15, 0.2) is 12.3 Å². The number of carbonyl (C=O) groups excluding carboxylic acids is 2. The van der Waals surface area contributed by atoms with Crippen LogP contribution in [0.1, 0.15) is 60.3 Å². The zero-order valence-corrected chi connectivity index (χ0v) is 22.7. The van der Waals surface area contributed by atoms with Gasteiger partial charge in [-0.3, -0.25) is 9.59 Å². The van der Waals surface area contributed by atoms with Crippen LogP contribution in [0.5, 0.6) is 5.75 Å². The minimum absolute atomic E-state index is 0.00759. The first kappa shape index (κ1) is 26.3. The number of piperidine rings is 1. The molecule has 1 aromatic carbocycles. The first-order valence-corrected chi connectivity index (χ1v) is 13.8. The quantitative estimate of drug-likeness (QED) is 0.520. The Balaban J connectivity index is 1.47. The van der Waals surface area contributed by atoms with E-state index in [0.717, 1.165) is 50.9 Å². The summed E-state index contributed by atoms with van der Waals surface area (Å²) in [7, 11) is 1.94. The number of hydrogen-bond donors (Lipinski definition) is 1. The highest BCUT2D eigenvalue weighted by atomic mass is 19.3. The fraction of sp³-hybridized carbons (Fsp3) is 0.500. The van der Waals surface area contributed by atoms with Gasteiger partial charge in [-0.05, 0) is 43.9 Å². The Bertz CT molecular complexity index is 1450. The van der Waals surface area contributed by atoms with Crippen molar-refractivity contribution >= 4 is 29.1 Å². The van der Waals surface area contributed by atoms with E-state index in [2.05, 4.69) is 10.2 Å². The summed E-state index contributed by atoms with van der Waals surface area (Å²) >= 11 is 0. The number of amides is 2. The molecule has 3 aromatic rings. The number of fused-ring (bicyclic) bond motifs is 4. The number of likely N-dealkylation sites (N-methyl/N-ethyl adjacent to an activating group) is 1. The topological polar surface area (TPSA) is 95.3 Å². The van der Waals surface area contributed by atoms with Crippen molar-refractivity contribution in [1.82, 2.24) is 24.8 Å². The van der Waals surface area contributed by atoms with Crippen LogP contribution in [0, 0.1) is 0 Å². The second-order valence-corrected chi connectivity index (χ2v) is 10.8. The Hall–Kier alpha value is -3.96. The largest absolute Gasteiger partial charge is 0.483 e. The first-order valence-electron chi connectivity index (χ1n) is 13.8. The van der Waals surface area contributed by atoms with E-state index in [-0.39, 0.29) is 35.4 Å². The van der Waals surface area contributed by atoms with Gasteiger partial charge in [0.1, 0.15) is 17.4 Å². The van der Waals surface area contributed by atoms with Crippen molar-refractivity contribution in [3.63, 3.8) is 0 Å². The van der Waals surface area contributed by atoms with Gasteiger partial charge in [-0.2, -0.15) is 9.61 Å². The monoisotopic (exact) mass is 553 g/mol. The van der Waals surface area contributed by atoms with Gasteiger partial charge in [-0.15, -0.1) is 0 Å². The Morgan fingerprint density at radius 2 is 1.88 bits per heavy atom. The zero-order chi connectivity index (χ0) is 28.0. The normalized spacial score (nSPS) is 20.6. The van der Waals surface area contributed by atoms with Crippen LogP contribution in [-0.4, -0.2) is 77.7 Å². The van der Waals surface area contributed by atoms with Crippen molar-refractivity contribution < 1.29 is 23.1 Å². The number of nitrogens with one attached hydrogen (secondary N) is 1. The molecular formula is C28H33F2N7O3. The molecule has 5 heterocycles. The number of alkyl halides is 2. The van der Waals surface area contributed by atoms with Crippen molar-refractivity contribution in [3.05, 3.63) is 47.2 Å². The molecular weight excluding hydrogens is 520 g/mol. The number of anilines is 2. The lowest BCUT2D eigenvalue weighted by Crippen LogP contribution is -2.40. The van der Waals surface area contributed by atoms with Crippen LogP contribution in [0.25, 0.3) is 5.65 Å². The van der Waals surface area contributed by atoms with Gasteiger partial charge in [0.05, 0.1) is 17.3 Å². The molecule has 2 amide bonds. The molecule has 10 nitrogen and oxygen atoms in total. The van der Waals surface area contributed by atoms with Gasteiger partial charge in [0.25, 0.3) is 17.7 Å². The predicted molar refractivity (Wildman–Crippen MR) is 145 cm³/mol. The Labute approximate surface area is 230 Å². The van der Waals surface area contributed by atoms with Gasteiger partial charge >= 0.3 is 0 Å². The second-order valence-electron chi connectivity index (χ2n) is 10.8. The second kappa shape index (κ2) is 10.2. The molecule has 1 N–H and O–H groups in total. The lowest BCUT2D eigenvalue weighted by atomic mass is 9.97. The molecule has 2 bridgehead atoms. The standard InChI is InChI=1S/C28H33F2N7O3/c1-28(29,30)18-7-8-22-19(14-18)27(39)36-12-4-3-6-21(36)20-15-24-32-23(35-10-5-11-35)16-26(37(24)33-20)34(2)13-9-31-25(38)17-40-22/h7-8,14-16,21H,3-6,9-13,17H2,1-2H3,(H,31,38)/t21-/m0/s1. The Kier molecular flexibility index (Phi) is 6.71. The highest BCUT2D eigenvalue weighted by molar-refractivity contribution is 5.97. The maximum Gasteiger partial charge on any atom is 0.270 e. The van der Waals surface area contributed by atoms with Crippen LogP contribution >= 0.6 is 0 Å². The molecule has 212 valence electrons. The highest BCUT2D eigenvalue weighted by Gasteiger charge is 2.34. The minimum Gasteiger partial charge on any atom is -0.483 e. The predicted octanol–water partition coefficient (Wildman–Crippen LogP) is 3.36. The minimum atomic E-state index is -3.15. The molecule has 0 unspecified atom stereocenters. The third-order valence-electron chi connectivity index (χ3n) is 7.94. The van der Waals surface area contributed by atoms with Crippen molar-refractivity contribution in [1.29, 1.82) is 0 Å². The van der Waals surface area contributed by atoms with Gasteiger partial charge in [0.2, 0.25) is 0 Å².